The van der Waals surface area contributed by atoms with Crippen LogP contribution in [0, 0.1) is 0 Å². The largest absolute Gasteiger partial charge is 0.493 e. The Kier molecular flexibility index (Phi) is 7.17. The van der Waals surface area contributed by atoms with E-state index < -0.39 is 25.0 Å². The van der Waals surface area contributed by atoms with Gasteiger partial charge < -0.3 is 9.84 Å². The first kappa shape index (κ1) is 18.0. The lowest BCUT2D eigenvalue weighted by Gasteiger charge is -2.13. The lowest BCUT2D eigenvalue weighted by Crippen LogP contribution is -2.11. The standard InChI is InChI=1S/C14H16BrF3O3/c15-6-1-7-21-13-3-2-10(12(20)9-19)8-11(13)4-5-14(16,17)18/h2-3,8,19H,1,4-7,9H2. The molecular formula is C14H16BrF3O3. The number of rotatable bonds is 8. The van der Waals surface area contributed by atoms with Crippen LogP contribution in [-0.2, 0) is 6.42 Å². The Labute approximate surface area is 129 Å². The normalized spacial score (nSPS) is 11.5. The first-order chi connectivity index (χ1) is 9.87. The molecule has 0 atom stereocenters. The molecule has 21 heavy (non-hydrogen) atoms. The number of benzene rings is 1. The predicted octanol–water partition coefficient (Wildman–Crippen LogP) is 3.52. The number of ketones is 1. The maximum absolute atomic E-state index is 12.4. The first-order valence-electron chi connectivity index (χ1n) is 6.40. The Hall–Kier alpha value is -1.08. The van der Waals surface area contributed by atoms with Crippen LogP contribution < -0.4 is 4.74 Å². The summed E-state index contributed by atoms with van der Waals surface area (Å²) in [4.78, 5) is 11.4. The topological polar surface area (TPSA) is 46.5 Å². The molecule has 0 spiro atoms. The van der Waals surface area contributed by atoms with E-state index in [4.69, 9.17) is 9.84 Å². The number of aryl methyl sites for hydroxylation is 1. The van der Waals surface area contributed by atoms with Gasteiger partial charge in [-0.25, -0.2) is 0 Å². The maximum atomic E-state index is 12.4. The summed E-state index contributed by atoms with van der Waals surface area (Å²) in [5.41, 5.74) is 0.503. The molecular weight excluding hydrogens is 353 g/mol. The number of Topliss-reactive ketones (excluding diaryl/α,β-unsaturated/α-hetero) is 1. The van der Waals surface area contributed by atoms with Crippen molar-refractivity contribution in [3.05, 3.63) is 29.3 Å². The van der Waals surface area contributed by atoms with Crippen LogP contribution in [0.1, 0.15) is 28.8 Å². The zero-order valence-electron chi connectivity index (χ0n) is 11.3. The molecule has 0 fully saturated rings. The number of aliphatic hydroxyl groups is 1. The molecule has 0 aliphatic heterocycles. The van der Waals surface area contributed by atoms with Crippen molar-refractivity contribution in [2.45, 2.75) is 25.4 Å². The summed E-state index contributed by atoms with van der Waals surface area (Å²) in [6.45, 7) is -0.305. The fraction of sp³-hybridized carbons (Fsp3) is 0.500. The second-order valence-corrected chi connectivity index (χ2v) is 5.20. The van der Waals surface area contributed by atoms with Crippen molar-refractivity contribution in [1.29, 1.82) is 0 Å². The van der Waals surface area contributed by atoms with E-state index >= 15 is 0 Å². The summed E-state index contributed by atoms with van der Waals surface area (Å²) in [6, 6.07) is 4.27. The van der Waals surface area contributed by atoms with Gasteiger partial charge in [0.1, 0.15) is 12.4 Å². The fourth-order valence-corrected chi connectivity index (χ4v) is 1.92. The number of aliphatic hydroxyl groups excluding tert-OH is 1. The van der Waals surface area contributed by atoms with Crippen molar-refractivity contribution in [3.63, 3.8) is 0 Å². The van der Waals surface area contributed by atoms with Crippen molar-refractivity contribution < 1.29 is 27.8 Å². The molecule has 0 saturated carbocycles. The SMILES string of the molecule is O=C(CO)c1ccc(OCCCBr)c(CCC(F)(F)F)c1. The van der Waals surface area contributed by atoms with Crippen molar-refractivity contribution in [2.24, 2.45) is 0 Å². The highest BCUT2D eigenvalue weighted by molar-refractivity contribution is 9.09. The van der Waals surface area contributed by atoms with Gasteiger partial charge >= 0.3 is 6.18 Å². The fourth-order valence-electron chi connectivity index (χ4n) is 1.69. The zero-order chi connectivity index (χ0) is 15.9. The Morgan fingerprint density at radius 2 is 2.05 bits per heavy atom. The summed E-state index contributed by atoms with van der Waals surface area (Å²) in [5, 5.41) is 9.54. The number of halogens is 4. The van der Waals surface area contributed by atoms with Crippen LogP contribution in [0.25, 0.3) is 0 Å². The van der Waals surface area contributed by atoms with Gasteiger partial charge in [0.15, 0.2) is 5.78 Å². The minimum absolute atomic E-state index is 0.183. The monoisotopic (exact) mass is 368 g/mol. The molecule has 1 rings (SSSR count). The van der Waals surface area contributed by atoms with Crippen molar-refractivity contribution in [3.8, 4) is 5.75 Å². The third kappa shape index (κ3) is 6.48. The van der Waals surface area contributed by atoms with Crippen molar-refractivity contribution in [1.82, 2.24) is 0 Å². The Bertz CT molecular complexity index is 475. The van der Waals surface area contributed by atoms with Gasteiger partial charge in [-0.05, 0) is 36.6 Å². The van der Waals surface area contributed by atoms with Crippen molar-refractivity contribution in [2.75, 3.05) is 18.5 Å². The number of ether oxygens (including phenoxy) is 1. The van der Waals surface area contributed by atoms with Gasteiger partial charge in [0.05, 0.1) is 6.61 Å². The van der Waals surface area contributed by atoms with E-state index in [1.165, 1.54) is 18.2 Å². The van der Waals surface area contributed by atoms with E-state index in [-0.39, 0.29) is 12.0 Å². The highest BCUT2D eigenvalue weighted by Gasteiger charge is 2.27. The highest BCUT2D eigenvalue weighted by atomic mass is 79.9. The average molecular weight is 369 g/mol. The number of hydrogen-bond acceptors (Lipinski definition) is 3. The Morgan fingerprint density at radius 3 is 2.62 bits per heavy atom. The van der Waals surface area contributed by atoms with E-state index in [0.717, 1.165) is 11.8 Å². The van der Waals surface area contributed by atoms with Crippen LogP contribution in [0.2, 0.25) is 0 Å². The summed E-state index contributed by atoms with van der Waals surface area (Å²) in [6.07, 6.45) is -4.81. The van der Waals surface area contributed by atoms with Gasteiger partial charge in [-0.1, -0.05) is 15.9 Å². The van der Waals surface area contributed by atoms with Gasteiger partial charge in [0.25, 0.3) is 0 Å². The smallest absolute Gasteiger partial charge is 0.389 e. The Balaban J connectivity index is 2.91. The molecule has 0 heterocycles. The van der Waals surface area contributed by atoms with Gasteiger partial charge in [-0.15, -0.1) is 0 Å². The third-order valence-corrected chi connectivity index (χ3v) is 3.30. The van der Waals surface area contributed by atoms with E-state index in [9.17, 15) is 18.0 Å². The van der Waals surface area contributed by atoms with Gasteiger partial charge in [0.2, 0.25) is 0 Å². The lowest BCUT2D eigenvalue weighted by atomic mass is 10.0. The summed E-state index contributed by atoms with van der Waals surface area (Å²) < 4.78 is 42.5. The van der Waals surface area contributed by atoms with Crippen LogP contribution in [0.4, 0.5) is 13.2 Å². The highest BCUT2D eigenvalue weighted by Crippen LogP contribution is 2.27. The molecule has 1 aromatic carbocycles. The van der Waals surface area contributed by atoms with Crippen molar-refractivity contribution >= 4 is 21.7 Å². The molecule has 118 valence electrons. The van der Waals surface area contributed by atoms with Crippen LogP contribution >= 0.6 is 15.9 Å². The molecule has 0 bridgehead atoms. The van der Waals surface area contributed by atoms with Gasteiger partial charge in [0, 0.05) is 17.3 Å². The molecule has 0 aliphatic carbocycles. The molecule has 0 unspecified atom stereocenters. The number of alkyl halides is 4. The van der Waals surface area contributed by atoms with E-state index in [1.54, 1.807) is 0 Å². The summed E-state index contributed by atoms with van der Waals surface area (Å²) in [5.74, 6) is -0.190. The summed E-state index contributed by atoms with van der Waals surface area (Å²) >= 11 is 3.24. The van der Waals surface area contributed by atoms with Crippen LogP contribution in [-0.4, -0.2) is 35.6 Å². The minimum Gasteiger partial charge on any atom is -0.493 e. The first-order valence-corrected chi connectivity index (χ1v) is 7.52. The van der Waals surface area contributed by atoms with E-state index in [0.29, 0.717) is 17.9 Å². The molecule has 7 heteroatoms. The number of hydrogen-bond donors (Lipinski definition) is 1. The van der Waals surface area contributed by atoms with Gasteiger partial charge in [-0.2, -0.15) is 13.2 Å². The van der Waals surface area contributed by atoms with Crippen LogP contribution in [0.5, 0.6) is 5.75 Å². The molecule has 3 nitrogen and oxygen atoms in total. The summed E-state index contributed by atoms with van der Waals surface area (Å²) in [7, 11) is 0. The third-order valence-electron chi connectivity index (χ3n) is 2.74. The molecule has 0 aromatic heterocycles. The van der Waals surface area contributed by atoms with E-state index in [1.807, 2.05) is 0 Å². The van der Waals surface area contributed by atoms with Gasteiger partial charge in [-0.3, -0.25) is 4.79 Å². The van der Waals surface area contributed by atoms with E-state index in [2.05, 4.69) is 15.9 Å². The predicted molar refractivity (Wildman–Crippen MR) is 76.1 cm³/mol. The molecule has 0 saturated heterocycles. The molecule has 0 aliphatic rings. The number of carbonyl (C=O) groups excluding carboxylic acids is 1. The number of carbonyl (C=O) groups is 1. The Morgan fingerprint density at radius 1 is 1.33 bits per heavy atom. The molecule has 1 aromatic rings. The lowest BCUT2D eigenvalue weighted by molar-refractivity contribution is -0.134. The molecule has 0 radical (unpaired) electrons. The quantitative estimate of drug-likeness (QED) is 0.433. The van der Waals surface area contributed by atoms with Crippen LogP contribution in [0.15, 0.2) is 18.2 Å². The zero-order valence-corrected chi connectivity index (χ0v) is 12.8. The second-order valence-electron chi connectivity index (χ2n) is 4.41. The second kappa shape index (κ2) is 8.38. The minimum atomic E-state index is -4.27. The molecule has 0 amide bonds. The molecule has 1 N–H and O–H groups in total. The van der Waals surface area contributed by atoms with Crippen LogP contribution in [0.3, 0.4) is 0 Å². The maximum Gasteiger partial charge on any atom is 0.389 e. The average Bonchev–Trinajstić information content (AvgIpc) is 2.44.